The first-order valence-electron chi connectivity index (χ1n) is 12.4. The Morgan fingerprint density at radius 1 is 0.943 bits per heavy atom. The summed E-state index contributed by atoms with van der Waals surface area (Å²) in [4.78, 5) is 0. The van der Waals surface area contributed by atoms with Gasteiger partial charge in [-0.3, -0.25) is 0 Å². The van der Waals surface area contributed by atoms with E-state index in [0.717, 1.165) is 48.9 Å². The summed E-state index contributed by atoms with van der Waals surface area (Å²) in [5.74, 6) is 0. The standard InChI is InChI=1S/C28H41NO5S/c1-18-8-13-21(26-24(32)23(31)25(33)27(34-26)35-4)16-22(18)15-20-11-9-19(10-12-20)7-5-6-14-29-28(2,3)17-30/h8-13,16,23-27,29-33H,5-7,14-15,17H2,1-4H3/t23-,24-,25+,26?,27-/m1/s1. The van der Waals surface area contributed by atoms with Crippen molar-refractivity contribution in [2.24, 2.45) is 0 Å². The summed E-state index contributed by atoms with van der Waals surface area (Å²) in [7, 11) is 0. The first-order valence-corrected chi connectivity index (χ1v) is 13.7. The van der Waals surface area contributed by atoms with Crippen LogP contribution in [0.15, 0.2) is 42.5 Å². The van der Waals surface area contributed by atoms with Gasteiger partial charge in [-0.15, -0.1) is 11.8 Å². The number of aryl methyl sites for hydroxylation is 2. The van der Waals surface area contributed by atoms with Crippen LogP contribution >= 0.6 is 11.8 Å². The zero-order valence-electron chi connectivity index (χ0n) is 21.3. The van der Waals surface area contributed by atoms with Crippen LogP contribution in [-0.4, -0.2) is 69.1 Å². The Hall–Kier alpha value is -1.45. The molecule has 5 atom stereocenters. The van der Waals surface area contributed by atoms with Gasteiger partial charge in [-0.05, 0) is 87.1 Å². The summed E-state index contributed by atoms with van der Waals surface area (Å²) < 4.78 is 5.94. The number of rotatable bonds is 11. The lowest BCUT2D eigenvalue weighted by atomic mass is 9.91. The topological polar surface area (TPSA) is 102 Å². The molecule has 1 fully saturated rings. The van der Waals surface area contributed by atoms with E-state index in [4.69, 9.17) is 4.74 Å². The van der Waals surface area contributed by atoms with Gasteiger partial charge in [0.15, 0.2) is 0 Å². The van der Waals surface area contributed by atoms with Crippen molar-refractivity contribution < 1.29 is 25.2 Å². The molecule has 0 aliphatic carbocycles. The third-order valence-corrected chi connectivity index (χ3v) is 7.67. The highest BCUT2D eigenvalue weighted by Gasteiger charge is 2.44. The highest BCUT2D eigenvalue weighted by molar-refractivity contribution is 7.99. The number of unbranched alkanes of at least 4 members (excludes halogenated alkanes) is 1. The van der Waals surface area contributed by atoms with Gasteiger partial charge in [-0.1, -0.05) is 42.5 Å². The third-order valence-electron chi connectivity index (χ3n) is 6.81. The average molecular weight is 504 g/mol. The molecule has 2 aromatic carbocycles. The number of thioether (sulfide) groups is 1. The summed E-state index contributed by atoms with van der Waals surface area (Å²) in [5, 5.41) is 43.7. The lowest BCUT2D eigenvalue weighted by molar-refractivity contribution is -0.200. The molecular weight excluding hydrogens is 462 g/mol. The smallest absolute Gasteiger partial charge is 0.132 e. The number of ether oxygens (including phenoxy) is 1. The van der Waals surface area contributed by atoms with Gasteiger partial charge in [-0.2, -0.15) is 0 Å². The van der Waals surface area contributed by atoms with Crippen molar-refractivity contribution in [1.29, 1.82) is 0 Å². The molecule has 0 spiro atoms. The number of hydrogen-bond donors (Lipinski definition) is 5. The fourth-order valence-corrected chi connectivity index (χ4v) is 5.03. The minimum atomic E-state index is -1.25. The molecule has 0 saturated carbocycles. The zero-order chi connectivity index (χ0) is 25.6. The highest BCUT2D eigenvalue weighted by atomic mass is 32.2. The van der Waals surface area contributed by atoms with E-state index in [1.54, 1.807) is 0 Å². The maximum atomic E-state index is 10.6. The van der Waals surface area contributed by atoms with Gasteiger partial charge in [0, 0.05) is 5.54 Å². The predicted octanol–water partition coefficient (Wildman–Crippen LogP) is 3.11. The van der Waals surface area contributed by atoms with Gasteiger partial charge in [-0.25, -0.2) is 0 Å². The van der Waals surface area contributed by atoms with E-state index in [2.05, 4.69) is 36.5 Å². The average Bonchev–Trinajstić information content (AvgIpc) is 2.85. The molecule has 6 nitrogen and oxygen atoms in total. The molecular formula is C28H41NO5S. The van der Waals surface area contributed by atoms with E-state index in [1.807, 2.05) is 38.3 Å². The lowest BCUT2D eigenvalue weighted by Crippen LogP contribution is -2.52. The van der Waals surface area contributed by atoms with Crippen molar-refractivity contribution in [3.8, 4) is 0 Å². The molecule has 0 radical (unpaired) electrons. The van der Waals surface area contributed by atoms with E-state index in [0.29, 0.717) is 0 Å². The largest absolute Gasteiger partial charge is 0.394 e. The van der Waals surface area contributed by atoms with Gasteiger partial charge in [0.25, 0.3) is 0 Å². The number of nitrogens with one attached hydrogen (secondary N) is 1. The van der Waals surface area contributed by atoms with E-state index in [9.17, 15) is 20.4 Å². The Morgan fingerprint density at radius 2 is 1.63 bits per heavy atom. The number of hydrogen-bond acceptors (Lipinski definition) is 7. The molecule has 1 aliphatic heterocycles. The normalized spacial score (nSPS) is 25.1. The summed E-state index contributed by atoms with van der Waals surface area (Å²) >= 11 is 1.32. The first-order chi connectivity index (χ1) is 16.6. The minimum Gasteiger partial charge on any atom is -0.394 e. The van der Waals surface area contributed by atoms with Gasteiger partial charge < -0.3 is 30.5 Å². The van der Waals surface area contributed by atoms with Crippen LogP contribution < -0.4 is 5.32 Å². The van der Waals surface area contributed by atoms with Crippen molar-refractivity contribution in [1.82, 2.24) is 5.32 Å². The van der Waals surface area contributed by atoms with E-state index in [1.165, 1.54) is 22.9 Å². The van der Waals surface area contributed by atoms with Crippen molar-refractivity contribution >= 4 is 11.8 Å². The van der Waals surface area contributed by atoms with E-state index in [-0.39, 0.29) is 12.1 Å². The summed E-state index contributed by atoms with van der Waals surface area (Å²) in [6.45, 7) is 7.11. The highest BCUT2D eigenvalue weighted by Crippen LogP contribution is 2.36. The molecule has 1 saturated heterocycles. The van der Waals surface area contributed by atoms with Crippen LogP contribution in [0, 0.1) is 6.92 Å². The summed E-state index contributed by atoms with van der Waals surface area (Å²) in [6, 6.07) is 14.7. The van der Waals surface area contributed by atoms with E-state index >= 15 is 0 Å². The van der Waals surface area contributed by atoms with Gasteiger partial charge in [0.2, 0.25) is 0 Å². The molecule has 3 rings (SSSR count). The monoisotopic (exact) mass is 503 g/mol. The molecule has 1 unspecified atom stereocenters. The lowest BCUT2D eigenvalue weighted by Gasteiger charge is -2.40. The molecule has 0 amide bonds. The molecule has 5 N–H and O–H groups in total. The Labute approximate surface area is 213 Å². The molecule has 0 aromatic heterocycles. The second-order valence-corrected chi connectivity index (χ2v) is 11.2. The van der Waals surface area contributed by atoms with E-state index < -0.39 is 29.9 Å². The van der Waals surface area contributed by atoms with Crippen molar-refractivity contribution in [3.63, 3.8) is 0 Å². The Morgan fingerprint density at radius 3 is 2.29 bits per heavy atom. The van der Waals surface area contributed by atoms with Crippen molar-refractivity contribution in [2.45, 2.75) is 81.8 Å². The van der Waals surface area contributed by atoms with Crippen LogP contribution in [0.3, 0.4) is 0 Å². The number of aliphatic hydroxyl groups excluding tert-OH is 4. The SMILES string of the molecule is CS[C@H]1OC(c2ccc(C)c(Cc3ccc(CCCCNC(C)(C)CO)cc3)c2)[C@H](O)[C@@H](O)[C@@H]1O. The second-order valence-electron chi connectivity index (χ2n) is 10.2. The molecule has 194 valence electrons. The number of aliphatic hydroxyl groups is 4. The fraction of sp³-hybridized carbons (Fsp3) is 0.571. The van der Waals surface area contributed by atoms with Crippen LogP contribution in [-0.2, 0) is 17.6 Å². The molecule has 1 heterocycles. The fourth-order valence-electron chi connectivity index (χ4n) is 4.36. The Bertz CT molecular complexity index is 933. The molecule has 35 heavy (non-hydrogen) atoms. The van der Waals surface area contributed by atoms with Gasteiger partial charge >= 0.3 is 0 Å². The quantitative estimate of drug-likeness (QED) is 0.300. The summed E-state index contributed by atoms with van der Waals surface area (Å²) in [5.41, 5.74) is 4.81. The molecule has 2 aromatic rings. The predicted molar refractivity (Wildman–Crippen MR) is 142 cm³/mol. The van der Waals surface area contributed by atoms with Crippen LogP contribution in [0.25, 0.3) is 0 Å². The minimum absolute atomic E-state index is 0.133. The molecule has 1 aliphatic rings. The Balaban J connectivity index is 1.60. The Kier molecular flexibility index (Phi) is 10.2. The molecule has 7 heteroatoms. The third kappa shape index (κ3) is 7.52. The van der Waals surface area contributed by atoms with Crippen LogP contribution in [0.4, 0.5) is 0 Å². The van der Waals surface area contributed by atoms with Crippen LogP contribution in [0.2, 0.25) is 0 Å². The van der Waals surface area contributed by atoms with Crippen molar-refractivity contribution in [2.75, 3.05) is 19.4 Å². The molecule has 0 bridgehead atoms. The van der Waals surface area contributed by atoms with Crippen LogP contribution in [0.5, 0.6) is 0 Å². The summed E-state index contributed by atoms with van der Waals surface area (Å²) in [6.07, 6.45) is 1.51. The van der Waals surface area contributed by atoms with Gasteiger partial charge in [0.1, 0.15) is 29.9 Å². The maximum Gasteiger partial charge on any atom is 0.132 e. The second kappa shape index (κ2) is 12.7. The zero-order valence-corrected chi connectivity index (χ0v) is 22.1. The van der Waals surface area contributed by atoms with Crippen LogP contribution in [0.1, 0.15) is 60.6 Å². The first kappa shape index (κ1) is 28.1. The maximum absolute atomic E-state index is 10.6. The van der Waals surface area contributed by atoms with Crippen molar-refractivity contribution in [3.05, 3.63) is 70.3 Å². The van der Waals surface area contributed by atoms with Gasteiger partial charge in [0.05, 0.1) is 6.61 Å². The number of benzene rings is 2.